The number of likely N-dealkylation sites (tertiary alicyclic amines) is 1. The van der Waals surface area contributed by atoms with Gasteiger partial charge in [0.05, 0.1) is 7.11 Å². The van der Waals surface area contributed by atoms with Gasteiger partial charge in [-0.3, -0.25) is 10.0 Å². The van der Waals surface area contributed by atoms with E-state index >= 15 is 0 Å². The number of ether oxygens (including phenoxy) is 1. The van der Waals surface area contributed by atoms with Crippen LogP contribution in [0.25, 0.3) is 22.6 Å². The monoisotopic (exact) mass is 467 g/mol. The zero-order chi connectivity index (χ0) is 24.5. The van der Waals surface area contributed by atoms with E-state index in [9.17, 15) is 25.0 Å². The maximum Gasteiger partial charge on any atom is 0.343 e. The smallest absolute Gasteiger partial charge is 0.343 e. The lowest BCUT2D eigenvalue weighted by atomic mass is 9.78. The molecule has 0 radical (unpaired) electrons. The molecule has 0 unspecified atom stereocenters. The highest BCUT2D eigenvalue weighted by Gasteiger charge is 2.49. The normalized spacial score (nSPS) is 15.1. The molecule has 4 rings (SSSR count). The number of methoxy groups -OCH3 is 1. The summed E-state index contributed by atoms with van der Waals surface area (Å²) in [4.78, 5) is 30.6. The molecule has 1 aromatic heterocycles. The lowest BCUT2D eigenvalue weighted by molar-refractivity contribution is -0.147. The minimum Gasteiger partial charge on any atom is -0.508 e. The summed E-state index contributed by atoms with van der Waals surface area (Å²) < 4.78 is 11.4. The number of carboxylic acid groups (broad SMARTS) is 1. The molecule has 2 aromatic carbocycles. The van der Waals surface area contributed by atoms with Crippen molar-refractivity contribution in [2.75, 3.05) is 27.2 Å². The highest BCUT2D eigenvalue weighted by atomic mass is 16.5. The van der Waals surface area contributed by atoms with Gasteiger partial charge in [-0.15, -0.1) is 0 Å². The number of carbonyl (C=O) groups is 2. The summed E-state index contributed by atoms with van der Waals surface area (Å²) >= 11 is 0. The summed E-state index contributed by atoms with van der Waals surface area (Å²) in [5, 5.41) is 29.8. The quantitative estimate of drug-likeness (QED) is 0.383. The number of hydroxylamine groups is 2. The Hall–Kier alpha value is -4.05. The molecule has 10 heteroatoms. The van der Waals surface area contributed by atoms with Gasteiger partial charge in [0, 0.05) is 31.3 Å². The van der Waals surface area contributed by atoms with E-state index in [4.69, 9.17) is 9.15 Å². The number of carbonyl (C=O) groups excluding carboxylic acids is 1. The lowest BCUT2D eigenvalue weighted by Crippen LogP contribution is -2.51. The molecule has 2 amide bonds. The van der Waals surface area contributed by atoms with E-state index in [2.05, 4.69) is 4.98 Å². The first-order chi connectivity index (χ1) is 16.2. The number of rotatable bonds is 5. The number of benzene rings is 2. The van der Waals surface area contributed by atoms with Crippen LogP contribution in [-0.2, 0) is 10.2 Å². The topological polar surface area (TPSA) is 137 Å². The largest absolute Gasteiger partial charge is 0.508 e. The second-order valence-corrected chi connectivity index (χ2v) is 8.15. The van der Waals surface area contributed by atoms with Crippen LogP contribution in [0.5, 0.6) is 11.5 Å². The van der Waals surface area contributed by atoms with Gasteiger partial charge < -0.3 is 24.3 Å². The zero-order valence-electron chi connectivity index (χ0n) is 18.8. The van der Waals surface area contributed by atoms with Crippen LogP contribution in [0.15, 0.2) is 52.9 Å². The number of nitrogens with zero attached hydrogens (tertiary/aromatic N) is 3. The number of hydrogen-bond donors (Lipinski definition) is 3. The highest BCUT2D eigenvalue weighted by molar-refractivity contribution is 5.83. The van der Waals surface area contributed by atoms with Gasteiger partial charge in [-0.25, -0.2) is 14.8 Å². The molecule has 10 nitrogen and oxygen atoms in total. The van der Waals surface area contributed by atoms with Crippen molar-refractivity contribution < 1.29 is 34.2 Å². The van der Waals surface area contributed by atoms with E-state index in [0.29, 0.717) is 33.4 Å². The molecule has 1 aliphatic heterocycles. The molecule has 0 saturated carbocycles. The number of aromatic hydroxyl groups is 1. The predicted octanol–water partition coefficient (Wildman–Crippen LogP) is 3.58. The van der Waals surface area contributed by atoms with Crippen LogP contribution >= 0.6 is 0 Å². The van der Waals surface area contributed by atoms with Crippen LogP contribution < -0.4 is 4.74 Å². The minimum atomic E-state index is -1.44. The average Bonchev–Trinajstić information content (AvgIpc) is 3.30. The zero-order valence-corrected chi connectivity index (χ0v) is 18.8. The first kappa shape index (κ1) is 23.1. The van der Waals surface area contributed by atoms with Crippen molar-refractivity contribution in [1.82, 2.24) is 14.9 Å². The van der Waals surface area contributed by atoms with Crippen molar-refractivity contribution in [1.29, 1.82) is 0 Å². The molecule has 0 aliphatic carbocycles. The van der Waals surface area contributed by atoms with Crippen LogP contribution in [-0.4, -0.2) is 69.6 Å². The van der Waals surface area contributed by atoms with Gasteiger partial charge in [-0.05, 0) is 61.4 Å². The van der Waals surface area contributed by atoms with Crippen molar-refractivity contribution in [2.24, 2.45) is 0 Å². The van der Waals surface area contributed by atoms with Crippen molar-refractivity contribution in [3.05, 3.63) is 54.4 Å². The fourth-order valence-corrected chi connectivity index (χ4v) is 4.08. The van der Waals surface area contributed by atoms with E-state index in [-0.39, 0.29) is 37.6 Å². The third-order valence-corrected chi connectivity index (χ3v) is 6.10. The molecular formula is C24H25N3O7. The summed E-state index contributed by atoms with van der Waals surface area (Å²) in [6.45, 7) is 0.232. The first-order valence-corrected chi connectivity index (χ1v) is 10.7. The molecule has 3 aromatic rings. The van der Waals surface area contributed by atoms with Crippen molar-refractivity contribution in [3.8, 4) is 34.1 Å². The van der Waals surface area contributed by atoms with Crippen LogP contribution in [0.2, 0.25) is 0 Å². The molecule has 0 atom stereocenters. The number of aromatic nitrogens is 1. The van der Waals surface area contributed by atoms with Crippen LogP contribution in [0.3, 0.4) is 0 Å². The van der Waals surface area contributed by atoms with E-state index in [0.717, 1.165) is 0 Å². The molecule has 0 bridgehead atoms. The molecule has 1 fully saturated rings. The number of phenolic OH excluding ortho intramolecular Hbond substituents is 1. The maximum absolute atomic E-state index is 12.5. The fraction of sp³-hybridized carbons (Fsp3) is 0.292. The summed E-state index contributed by atoms with van der Waals surface area (Å²) in [6.07, 6.45) is 0.138. The van der Waals surface area contributed by atoms with Crippen molar-refractivity contribution in [2.45, 2.75) is 18.3 Å². The summed E-state index contributed by atoms with van der Waals surface area (Å²) in [5.41, 5.74) is 0.338. The number of piperidine rings is 1. The molecule has 2 heterocycles. The van der Waals surface area contributed by atoms with Gasteiger partial charge in [-0.1, -0.05) is 0 Å². The number of hydrogen-bond acceptors (Lipinski definition) is 7. The Labute approximate surface area is 195 Å². The van der Waals surface area contributed by atoms with Crippen LogP contribution in [0.4, 0.5) is 4.79 Å². The molecule has 1 saturated heterocycles. The van der Waals surface area contributed by atoms with Crippen molar-refractivity contribution in [3.63, 3.8) is 0 Å². The number of urea groups is 1. The molecular weight excluding hydrogens is 442 g/mol. The maximum atomic E-state index is 12.5. The number of carboxylic acids is 1. The van der Waals surface area contributed by atoms with Crippen LogP contribution in [0.1, 0.15) is 18.7 Å². The van der Waals surface area contributed by atoms with Gasteiger partial charge in [0.1, 0.15) is 22.6 Å². The minimum absolute atomic E-state index is 0.0401. The van der Waals surface area contributed by atoms with Gasteiger partial charge in [0.25, 0.3) is 0 Å². The summed E-state index contributed by atoms with van der Waals surface area (Å²) in [6, 6.07) is 12.9. The molecule has 1 aliphatic rings. The predicted molar refractivity (Wildman–Crippen MR) is 121 cm³/mol. The van der Waals surface area contributed by atoms with Gasteiger partial charge in [-0.2, -0.15) is 0 Å². The average molecular weight is 467 g/mol. The Morgan fingerprint density at radius 1 is 1.06 bits per heavy atom. The molecule has 0 spiro atoms. The second-order valence-electron chi connectivity index (χ2n) is 8.15. The van der Waals surface area contributed by atoms with Gasteiger partial charge in [0.2, 0.25) is 5.89 Å². The van der Waals surface area contributed by atoms with Crippen molar-refractivity contribution >= 4 is 12.0 Å². The SMILES string of the molecule is COc1ccc(-c2nc(C3(C(=O)O)CCN(C(=O)N(C)O)CC3)oc2-c2ccc(O)cc2)cc1. The van der Waals surface area contributed by atoms with E-state index < -0.39 is 17.4 Å². The van der Waals surface area contributed by atoms with E-state index in [1.165, 1.54) is 24.1 Å². The Bertz CT molecular complexity index is 1180. The summed E-state index contributed by atoms with van der Waals surface area (Å²) in [7, 11) is 2.79. The Kier molecular flexibility index (Phi) is 6.16. The van der Waals surface area contributed by atoms with Gasteiger partial charge in [0.15, 0.2) is 5.76 Å². The third-order valence-electron chi connectivity index (χ3n) is 6.10. The number of aliphatic carboxylic acids is 1. The lowest BCUT2D eigenvalue weighted by Gasteiger charge is -2.37. The van der Waals surface area contributed by atoms with Crippen LogP contribution in [0, 0.1) is 0 Å². The molecule has 3 N–H and O–H groups in total. The molecule has 34 heavy (non-hydrogen) atoms. The Balaban J connectivity index is 1.78. The van der Waals surface area contributed by atoms with Gasteiger partial charge >= 0.3 is 12.0 Å². The standard InChI is InChI=1S/C24H25N3O7/c1-26(32)23(31)27-13-11-24(12-14-27,22(29)30)21-25-19(15-5-9-18(33-2)10-6-15)20(34-21)16-3-7-17(28)8-4-16/h3-10,28,32H,11-14H2,1-2H3,(H,29,30). The van der Waals surface area contributed by atoms with E-state index in [1.807, 2.05) is 0 Å². The summed E-state index contributed by atoms with van der Waals surface area (Å²) in [5.74, 6) is 0.0541. The Morgan fingerprint density at radius 2 is 1.65 bits per heavy atom. The van der Waals surface area contributed by atoms with E-state index in [1.54, 1.807) is 43.5 Å². The first-order valence-electron chi connectivity index (χ1n) is 10.7. The Morgan fingerprint density at radius 3 is 2.18 bits per heavy atom. The fourth-order valence-electron chi connectivity index (χ4n) is 4.08. The third kappa shape index (κ3) is 4.15. The highest BCUT2D eigenvalue weighted by Crippen LogP contribution is 2.41. The second kappa shape index (κ2) is 9.06. The number of amides is 2. The molecule has 178 valence electrons. The number of oxazole rings is 1. The number of phenols is 1.